The number of para-hydroxylation sites is 1. The maximum Gasteiger partial charge on any atom is 0.104 e. The number of hydrogen-bond acceptors (Lipinski definition) is 3. The van der Waals surface area contributed by atoms with Crippen LogP contribution in [0.2, 0.25) is 0 Å². The highest BCUT2D eigenvalue weighted by Crippen LogP contribution is 2.37. The zero-order valence-corrected chi connectivity index (χ0v) is 21.6. The standard InChI is InChI=1S/C31H37N3O/c1-20-17-21(18-22-12-16-33-29-25(22)11-14-31(29,5)35)9-10-27(20)32-15-13-23-19-34-28-24(23)7-6-8-26(28)30(2,3)4/h6-10,12,16-17,19,32,34-35H,11,13-15,18H2,1-5H3. The zero-order chi connectivity index (χ0) is 24.8. The first kappa shape index (κ1) is 23.6. The molecule has 0 radical (unpaired) electrons. The smallest absolute Gasteiger partial charge is 0.104 e. The van der Waals surface area contributed by atoms with Gasteiger partial charge in [0.2, 0.25) is 0 Å². The largest absolute Gasteiger partial charge is 0.384 e. The lowest BCUT2D eigenvalue weighted by Gasteiger charge is -2.20. The van der Waals surface area contributed by atoms with Crippen LogP contribution in [0.3, 0.4) is 0 Å². The number of hydrogen-bond donors (Lipinski definition) is 3. The van der Waals surface area contributed by atoms with E-state index < -0.39 is 5.60 Å². The van der Waals surface area contributed by atoms with E-state index in [1.165, 1.54) is 50.0 Å². The van der Waals surface area contributed by atoms with Gasteiger partial charge in [-0.1, -0.05) is 51.1 Å². The SMILES string of the molecule is Cc1cc(Cc2ccnc3c2CCC3(C)O)ccc1NCCc1c[nH]c2c(C(C)(C)C)cccc12. The normalized spacial score (nSPS) is 17.7. The van der Waals surface area contributed by atoms with E-state index in [2.05, 4.69) is 91.6 Å². The molecule has 1 aliphatic carbocycles. The van der Waals surface area contributed by atoms with Crippen LogP contribution in [0.4, 0.5) is 5.69 Å². The van der Waals surface area contributed by atoms with Crippen molar-refractivity contribution in [3.05, 3.63) is 93.9 Å². The van der Waals surface area contributed by atoms with Crippen molar-refractivity contribution in [2.45, 2.75) is 71.3 Å². The van der Waals surface area contributed by atoms with Crippen molar-refractivity contribution >= 4 is 16.6 Å². The van der Waals surface area contributed by atoms with E-state index >= 15 is 0 Å². The average molecular weight is 468 g/mol. The minimum atomic E-state index is -0.797. The summed E-state index contributed by atoms with van der Waals surface area (Å²) < 4.78 is 0. The first-order valence-corrected chi connectivity index (χ1v) is 12.8. The Morgan fingerprint density at radius 1 is 1.11 bits per heavy atom. The summed E-state index contributed by atoms with van der Waals surface area (Å²) in [6.45, 7) is 11.7. The van der Waals surface area contributed by atoms with Crippen LogP contribution < -0.4 is 5.32 Å². The molecule has 182 valence electrons. The molecule has 4 aromatic rings. The number of fused-ring (bicyclic) bond motifs is 2. The summed E-state index contributed by atoms with van der Waals surface area (Å²) in [4.78, 5) is 8.00. The lowest BCUT2D eigenvalue weighted by molar-refractivity contribution is 0.0553. The van der Waals surface area contributed by atoms with Gasteiger partial charge in [-0.05, 0) is 90.5 Å². The Hall–Kier alpha value is -3.11. The number of rotatable bonds is 6. The number of benzene rings is 2. The Labute approximate surface area is 208 Å². The van der Waals surface area contributed by atoms with Crippen LogP contribution in [0.5, 0.6) is 0 Å². The van der Waals surface area contributed by atoms with Crippen LogP contribution in [-0.2, 0) is 30.3 Å². The summed E-state index contributed by atoms with van der Waals surface area (Å²) in [7, 11) is 0. The van der Waals surface area contributed by atoms with Crippen LogP contribution in [0.15, 0.2) is 54.9 Å². The third-order valence-electron chi connectivity index (χ3n) is 7.53. The molecule has 0 amide bonds. The summed E-state index contributed by atoms with van der Waals surface area (Å²) in [5, 5.41) is 15.6. The number of aromatic nitrogens is 2. The molecule has 2 heterocycles. The first-order valence-electron chi connectivity index (χ1n) is 12.8. The Bertz CT molecular complexity index is 1370. The first-order chi connectivity index (χ1) is 16.6. The molecule has 0 fully saturated rings. The van der Waals surface area contributed by atoms with E-state index in [0.717, 1.165) is 37.9 Å². The zero-order valence-electron chi connectivity index (χ0n) is 21.6. The molecule has 2 aromatic heterocycles. The van der Waals surface area contributed by atoms with Gasteiger partial charge < -0.3 is 15.4 Å². The van der Waals surface area contributed by atoms with Gasteiger partial charge in [-0.15, -0.1) is 0 Å². The van der Waals surface area contributed by atoms with Crippen LogP contribution in [0.25, 0.3) is 10.9 Å². The number of pyridine rings is 1. The molecule has 5 rings (SSSR count). The van der Waals surface area contributed by atoms with Crippen molar-refractivity contribution < 1.29 is 5.11 Å². The van der Waals surface area contributed by atoms with Gasteiger partial charge in [-0.2, -0.15) is 0 Å². The molecule has 1 aliphatic rings. The third kappa shape index (κ3) is 4.60. The molecule has 0 saturated heterocycles. The fraction of sp³-hybridized carbons (Fsp3) is 0.387. The highest BCUT2D eigenvalue weighted by atomic mass is 16.3. The lowest BCUT2D eigenvalue weighted by atomic mass is 9.85. The fourth-order valence-corrected chi connectivity index (χ4v) is 5.56. The van der Waals surface area contributed by atoms with Crippen LogP contribution >= 0.6 is 0 Å². The van der Waals surface area contributed by atoms with E-state index in [-0.39, 0.29) is 5.41 Å². The Kier molecular flexibility index (Phi) is 5.96. The molecule has 0 spiro atoms. The number of nitrogens with one attached hydrogen (secondary N) is 2. The molecule has 1 atom stereocenters. The van der Waals surface area contributed by atoms with Crippen molar-refractivity contribution in [1.82, 2.24) is 9.97 Å². The topological polar surface area (TPSA) is 60.9 Å². The average Bonchev–Trinajstić information content (AvgIpc) is 3.35. The highest BCUT2D eigenvalue weighted by molar-refractivity contribution is 5.87. The number of H-pyrrole nitrogens is 1. The molecule has 4 heteroatoms. The summed E-state index contributed by atoms with van der Waals surface area (Å²) in [5.41, 5.74) is 10.4. The molecule has 2 aromatic carbocycles. The number of aliphatic hydroxyl groups is 1. The van der Waals surface area contributed by atoms with Gasteiger partial charge in [0.25, 0.3) is 0 Å². The molecule has 0 bridgehead atoms. The van der Waals surface area contributed by atoms with Gasteiger partial charge >= 0.3 is 0 Å². The number of anilines is 1. The summed E-state index contributed by atoms with van der Waals surface area (Å²) in [5.74, 6) is 0. The Balaban J connectivity index is 1.26. The van der Waals surface area contributed by atoms with Gasteiger partial charge in [0.15, 0.2) is 0 Å². The van der Waals surface area contributed by atoms with Gasteiger partial charge in [-0.25, -0.2) is 0 Å². The van der Waals surface area contributed by atoms with E-state index in [1.54, 1.807) is 0 Å². The van der Waals surface area contributed by atoms with Gasteiger partial charge in [0.1, 0.15) is 5.60 Å². The number of aryl methyl sites for hydroxylation is 1. The van der Waals surface area contributed by atoms with Crippen LogP contribution in [0.1, 0.15) is 73.2 Å². The maximum absolute atomic E-state index is 10.6. The molecule has 35 heavy (non-hydrogen) atoms. The molecule has 4 nitrogen and oxygen atoms in total. The van der Waals surface area contributed by atoms with Gasteiger partial charge in [0.05, 0.1) is 5.69 Å². The van der Waals surface area contributed by atoms with Crippen molar-refractivity contribution in [2.24, 2.45) is 0 Å². The predicted octanol–water partition coefficient (Wildman–Crippen LogP) is 6.57. The minimum absolute atomic E-state index is 0.118. The lowest BCUT2D eigenvalue weighted by Crippen LogP contribution is -2.18. The number of aromatic amines is 1. The van der Waals surface area contributed by atoms with Gasteiger partial charge in [-0.3, -0.25) is 4.98 Å². The Morgan fingerprint density at radius 3 is 2.71 bits per heavy atom. The monoisotopic (exact) mass is 467 g/mol. The maximum atomic E-state index is 10.6. The molecular formula is C31H37N3O. The third-order valence-corrected chi connectivity index (χ3v) is 7.53. The summed E-state index contributed by atoms with van der Waals surface area (Å²) >= 11 is 0. The molecule has 3 N–H and O–H groups in total. The van der Waals surface area contributed by atoms with E-state index in [1.807, 2.05) is 13.1 Å². The molecule has 0 aliphatic heterocycles. The van der Waals surface area contributed by atoms with Crippen LogP contribution in [-0.4, -0.2) is 21.6 Å². The van der Waals surface area contributed by atoms with Crippen molar-refractivity contribution in [1.29, 1.82) is 0 Å². The second-order valence-electron chi connectivity index (χ2n) is 11.4. The summed E-state index contributed by atoms with van der Waals surface area (Å²) in [6.07, 6.45) is 7.50. The van der Waals surface area contributed by atoms with E-state index in [4.69, 9.17) is 0 Å². The van der Waals surface area contributed by atoms with Crippen molar-refractivity contribution in [3.8, 4) is 0 Å². The highest BCUT2D eigenvalue weighted by Gasteiger charge is 2.34. The minimum Gasteiger partial charge on any atom is -0.384 e. The second-order valence-corrected chi connectivity index (χ2v) is 11.4. The Morgan fingerprint density at radius 2 is 1.94 bits per heavy atom. The summed E-state index contributed by atoms with van der Waals surface area (Å²) in [6, 6.07) is 15.4. The van der Waals surface area contributed by atoms with Gasteiger partial charge in [0, 0.05) is 35.5 Å². The molecular weight excluding hydrogens is 430 g/mol. The molecule has 1 unspecified atom stereocenters. The van der Waals surface area contributed by atoms with Crippen molar-refractivity contribution in [3.63, 3.8) is 0 Å². The second kappa shape index (κ2) is 8.83. The van der Waals surface area contributed by atoms with E-state index in [9.17, 15) is 5.11 Å². The molecule has 0 saturated carbocycles. The van der Waals surface area contributed by atoms with E-state index in [0.29, 0.717) is 0 Å². The van der Waals surface area contributed by atoms with Crippen LogP contribution in [0, 0.1) is 6.92 Å². The quantitative estimate of drug-likeness (QED) is 0.301. The van der Waals surface area contributed by atoms with Crippen molar-refractivity contribution in [2.75, 3.05) is 11.9 Å². The fourth-order valence-electron chi connectivity index (χ4n) is 5.56. The predicted molar refractivity (Wildman–Crippen MR) is 145 cm³/mol. The number of nitrogens with zero attached hydrogens (tertiary/aromatic N) is 1.